The molecular weight excluding hydrogens is 596 g/mol. The number of benzene rings is 2. The van der Waals surface area contributed by atoms with Gasteiger partial charge in [-0.25, -0.2) is 4.98 Å². The van der Waals surface area contributed by atoms with Crippen molar-refractivity contribution in [1.82, 2.24) is 24.8 Å². The summed E-state index contributed by atoms with van der Waals surface area (Å²) in [4.78, 5) is 26.8. The Morgan fingerprint density at radius 1 is 1.00 bits per heavy atom. The van der Waals surface area contributed by atoms with Crippen LogP contribution >= 0.6 is 12.4 Å². The number of carbonyl (C=O) groups excluding carboxylic acids is 1. The molecule has 0 bridgehead atoms. The minimum Gasteiger partial charge on any atom is -0.387 e. The zero-order valence-corrected chi connectivity index (χ0v) is 25.9. The Kier molecular flexibility index (Phi) is 10.5. The van der Waals surface area contributed by atoms with Gasteiger partial charge in [-0.05, 0) is 43.7 Å². The standard InChI is InChI=1S/C32H40N8O4.ClH/c1-2-34-30(43)27-25(41)26(42)31(44-27)40-18-36-24-28(38-32(39-29(24)40)37-22-15-13-21(33)14-16-22)35-17-23(19-9-5-3-6-10-19)20-11-7-4-8-12-20;/h3-12,18,21-23,25-27,31,41-42H,2,13-17,33H2,1H3,(H,34,43)(H2,35,37,38,39);1H/t21?,22?,25-,26+,27-,31+;/m0./s1. The van der Waals surface area contributed by atoms with Crippen LogP contribution < -0.4 is 21.7 Å². The number of hydrogen-bond acceptors (Lipinski definition) is 10. The number of ether oxygens (including phenoxy) is 1. The Morgan fingerprint density at radius 3 is 2.27 bits per heavy atom. The molecule has 2 aromatic heterocycles. The van der Waals surface area contributed by atoms with E-state index >= 15 is 0 Å². The molecule has 1 aliphatic heterocycles. The number of hydrogen-bond donors (Lipinski definition) is 6. The molecule has 1 saturated carbocycles. The summed E-state index contributed by atoms with van der Waals surface area (Å²) in [7, 11) is 0. The minimum absolute atomic E-state index is 0. The molecule has 2 aromatic carbocycles. The first-order valence-electron chi connectivity index (χ1n) is 15.3. The summed E-state index contributed by atoms with van der Waals surface area (Å²) in [5, 5.41) is 31.3. The summed E-state index contributed by atoms with van der Waals surface area (Å²) in [5.74, 6) is 0.475. The highest BCUT2D eigenvalue weighted by Crippen LogP contribution is 2.34. The van der Waals surface area contributed by atoms with Gasteiger partial charge in [-0.15, -0.1) is 12.4 Å². The van der Waals surface area contributed by atoms with Crippen molar-refractivity contribution in [2.75, 3.05) is 23.7 Å². The highest BCUT2D eigenvalue weighted by atomic mass is 35.5. The molecule has 0 spiro atoms. The van der Waals surface area contributed by atoms with E-state index in [-0.39, 0.29) is 30.4 Å². The van der Waals surface area contributed by atoms with Crippen LogP contribution in [-0.4, -0.2) is 79.1 Å². The minimum atomic E-state index is -1.41. The smallest absolute Gasteiger partial charge is 0.252 e. The predicted molar refractivity (Wildman–Crippen MR) is 174 cm³/mol. The van der Waals surface area contributed by atoms with Gasteiger partial charge >= 0.3 is 0 Å². The lowest BCUT2D eigenvalue weighted by Crippen LogP contribution is -2.42. The zero-order valence-electron chi connectivity index (χ0n) is 25.1. The molecule has 1 amide bonds. The third kappa shape index (κ3) is 7.05. The van der Waals surface area contributed by atoms with Gasteiger partial charge in [-0.3, -0.25) is 9.36 Å². The number of aromatic nitrogens is 4. The predicted octanol–water partition coefficient (Wildman–Crippen LogP) is 2.93. The van der Waals surface area contributed by atoms with Gasteiger partial charge in [0.2, 0.25) is 5.95 Å². The van der Waals surface area contributed by atoms with Crippen LogP contribution in [0.25, 0.3) is 11.2 Å². The van der Waals surface area contributed by atoms with Gasteiger partial charge in [0.1, 0.15) is 12.2 Å². The van der Waals surface area contributed by atoms with Crippen LogP contribution in [0.1, 0.15) is 55.9 Å². The molecule has 45 heavy (non-hydrogen) atoms. The van der Waals surface area contributed by atoms with Gasteiger partial charge in [0.25, 0.3) is 5.91 Å². The Morgan fingerprint density at radius 2 is 1.64 bits per heavy atom. The Hall–Kier alpha value is -3.81. The Labute approximate surface area is 268 Å². The van der Waals surface area contributed by atoms with Crippen molar-refractivity contribution in [2.24, 2.45) is 5.73 Å². The fraction of sp³-hybridized carbons (Fsp3) is 0.438. The molecule has 3 heterocycles. The van der Waals surface area contributed by atoms with Crippen molar-refractivity contribution in [3.05, 3.63) is 78.1 Å². The first-order valence-corrected chi connectivity index (χ1v) is 15.3. The molecule has 4 aromatic rings. The molecule has 7 N–H and O–H groups in total. The van der Waals surface area contributed by atoms with Crippen LogP contribution in [0.5, 0.6) is 0 Å². The molecule has 12 nitrogen and oxygen atoms in total. The van der Waals surface area contributed by atoms with Crippen LogP contribution in [0.4, 0.5) is 11.8 Å². The maximum absolute atomic E-state index is 12.5. The SMILES string of the molecule is CCNC(=O)[C@H]1O[C@@H](n2cnc3c(NCC(c4ccccc4)c4ccccc4)nc(NC4CCC(N)CC4)nc32)[C@H](O)[C@@H]1O.Cl. The maximum Gasteiger partial charge on any atom is 0.252 e. The zero-order chi connectivity index (χ0) is 30.6. The van der Waals surface area contributed by atoms with Gasteiger partial charge < -0.3 is 36.6 Å². The molecule has 2 fully saturated rings. The average molecular weight is 637 g/mol. The van der Waals surface area contributed by atoms with Crippen molar-refractivity contribution in [3.8, 4) is 0 Å². The molecule has 2 aliphatic rings. The van der Waals surface area contributed by atoms with E-state index in [0.29, 0.717) is 36.0 Å². The van der Waals surface area contributed by atoms with Gasteiger partial charge in [0.05, 0.1) is 6.33 Å². The van der Waals surface area contributed by atoms with Crippen molar-refractivity contribution in [3.63, 3.8) is 0 Å². The van der Waals surface area contributed by atoms with E-state index in [0.717, 1.165) is 36.8 Å². The first kappa shape index (κ1) is 32.6. The number of anilines is 2. The van der Waals surface area contributed by atoms with Gasteiger partial charge in [0.15, 0.2) is 29.3 Å². The second-order valence-electron chi connectivity index (χ2n) is 11.6. The first-order chi connectivity index (χ1) is 21.4. The second kappa shape index (κ2) is 14.5. The van der Waals surface area contributed by atoms with E-state index in [4.69, 9.17) is 20.4 Å². The summed E-state index contributed by atoms with van der Waals surface area (Å²) < 4.78 is 7.46. The van der Waals surface area contributed by atoms with E-state index in [1.807, 2.05) is 36.4 Å². The molecule has 0 radical (unpaired) electrons. The second-order valence-corrected chi connectivity index (χ2v) is 11.6. The van der Waals surface area contributed by atoms with Gasteiger partial charge in [0, 0.05) is 31.1 Å². The lowest BCUT2D eigenvalue weighted by molar-refractivity contribution is -0.137. The van der Waals surface area contributed by atoms with Crippen LogP contribution in [0.2, 0.25) is 0 Å². The van der Waals surface area contributed by atoms with E-state index in [1.54, 1.807) is 11.5 Å². The molecule has 1 saturated heterocycles. The van der Waals surface area contributed by atoms with Crippen LogP contribution in [0.15, 0.2) is 67.0 Å². The lowest BCUT2D eigenvalue weighted by Gasteiger charge is -2.27. The topological polar surface area (TPSA) is 172 Å². The highest BCUT2D eigenvalue weighted by molar-refractivity contribution is 5.85. The largest absolute Gasteiger partial charge is 0.387 e. The Bertz CT molecular complexity index is 1510. The van der Waals surface area contributed by atoms with Crippen LogP contribution in [-0.2, 0) is 9.53 Å². The van der Waals surface area contributed by atoms with E-state index < -0.39 is 30.4 Å². The number of fused-ring (bicyclic) bond motifs is 1. The number of nitrogens with zero attached hydrogens (tertiary/aromatic N) is 4. The van der Waals surface area contributed by atoms with Crippen molar-refractivity contribution >= 4 is 41.2 Å². The van der Waals surface area contributed by atoms with Crippen molar-refractivity contribution in [1.29, 1.82) is 0 Å². The summed E-state index contributed by atoms with van der Waals surface area (Å²) in [5.41, 5.74) is 9.34. The number of halogens is 1. The number of imidazole rings is 1. The van der Waals surface area contributed by atoms with E-state index in [9.17, 15) is 15.0 Å². The average Bonchev–Trinajstić information content (AvgIpc) is 3.59. The summed E-state index contributed by atoms with van der Waals surface area (Å²) in [6.07, 6.45) is 0.0494. The fourth-order valence-electron chi connectivity index (χ4n) is 6.12. The number of rotatable bonds is 10. The lowest BCUT2D eigenvalue weighted by atomic mass is 9.91. The normalized spacial score (nSPS) is 24.7. The summed E-state index contributed by atoms with van der Waals surface area (Å²) >= 11 is 0. The van der Waals surface area contributed by atoms with Crippen LogP contribution in [0.3, 0.4) is 0 Å². The maximum atomic E-state index is 12.5. The van der Waals surface area contributed by atoms with E-state index in [1.165, 1.54) is 6.33 Å². The molecular formula is C32H41ClN8O4. The summed E-state index contributed by atoms with van der Waals surface area (Å²) in [6.45, 7) is 2.68. The third-order valence-electron chi connectivity index (χ3n) is 8.53. The number of aliphatic hydroxyl groups is 2. The molecule has 13 heteroatoms. The number of amides is 1. The third-order valence-corrected chi connectivity index (χ3v) is 8.53. The number of aliphatic hydroxyl groups excluding tert-OH is 2. The Balaban J connectivity index is 0.00000400. The van der Waals surface area contributed by atoms with Crippen molar-refractivity contribution in [2.45, 2.75) is 75.1 Å². The monoisotopic (exact) mass is 636 g/mol. The number of likely N-dealkylation sites (N-methyl/N-ethyl adjacent to an activating group) is 1. The molecule has 1 aliphatic carbocycles. The number of nitrogens with one attached hydrogen (secondary N) is 3. The van der Waals surface area contributed by atoms with E-state index in [2.05, 4.69) is 45.2 Å². The summed E-state index contributed by atoms with van der Waals surface area (Å²) in [6, 6.07) is 20.9. The molecule has 4 atom stereocenters. The number of nitrogens with two attached hydrogens (primary N) is 1. The highest BCUT2D eigenvalue weighted by Gasteiger charge is 2.47. The molecule has 240 valence electrons. The van der Waals surface area contributed by atoms with Gasteiger partial charge in [-0.2, -0.15) is 9.97 Å². The number of carbonyl (C=O) groups is 1. The van der Waals surface area contributed by atoms with Gasteiger partial charge in [-0.1, -0.05) is 60.7 Å². The van der Waals surface area contributed by atoms with Crippen LogP contribution in [0, 0.1) is 0 Å². The van der Waals surface area contributed by atoms with Crippen molar-refractivity contribution < 1.29 is 19.7 Å². The molecule has 0 unspecified atom stereocenters. The quantitative estimate of drug-likeness (QED) is 0.152. The fourth-order valence-corrected chi connectivity index (χ4v) is 6.12. The molecule has 6 rings (SSSR count).